The number of nitrogens with two attached hydrogens (primary N) is 1. The van der Waals surface area contributed by atoms with Crippen LogP contribution in [-0.4, -0.2) is 80.2 Å². The van der Waals surface area contributed by atoms with Gasteiger partial charge in [0.1, 0.15) is 23.5 Å². The van der Waals surface area contributed by atoms with E-state index < -0.39 is 48.4 Å². The number of nitrogens with zero attached hydrogens (tertiary/aromatic N) is 4. The first-order valence-electron chi connectivity index (χ1n) is 11.7. The number of alkyl halides is 2. The summed E-state index contributed by atoms with van der Waals surface area (Å²) in [7, 11) is 2.85. The van der Waals surface area contributed by atoms with Crippen molar-refractivity contribution in [1.82, 2.24) is 24.6 Å². The number of hydrogen-bond acceptors (Lipinski definition) is 12. The minimum Gasteiger partial charge on any atom is -0.468 e. The van der Waals surface area contributed by atoms with Gasteiger partial charge in [0.15, 0.2) is 35.0 Å². The smallest absolute Gasteiger partial charge is 0.323 e. The van der Waals surface area contributed by atoms with Crippen LogP contribution in [0.15, 0.2) is 36.7 Å². The van der Waals surface area contributed by atoms with Gasteiger partial charge in [-0.15, -0.1) is 11.6 Å². The van der Waals surface area contributed by atoms with Crippen molar-refractivity contribution in [3.63, 3.8) is 0 Å². The molecule has 1 aromatic carbocycles. The Morgan fingerprint density at radius 3 is 2.74 bits per heavy atom. The third-order valence-electron chi connectivity index (χ3n) is 6.69. The Labute approximate surface area is 232 Å². The van der Waals surface area contributed by atoms with E-state index in [1.807, 2.05) is 0 Å². The highest BCUT2D eigenvalue weighted by atomic mass is 35.5. The maximum Gasteiger partial charge on any atom is 0.323 e. The van der Waals surface area contributed by atoms with Crippen molar-refractivity contribution < 1.29 is 32.8 Å². The number of anilines is 2. The number of nitrogens with one attached hydrogen (secondary N) is 2. The van der Waals surface area contributed by atoms with Crippen molar-refractivity contribution in [1.29, 1.82) is 0 Å². The van der Waals surface area contributed by atoms with E-state index in [1.165, 1.54) is 24.9 Å². The second-order valence-electron chi connectivity index (χ2n) is 9.02. The molecule has 2 aromatic heterocycles. The van der Waals surface area contributed by atoms with E-state index >= 15 is 4.39 Å². The molecule has 17 heteroatoms. The Bertz CT molecular complexity index is 1450. The average molecular weight is 602 g/mol. The molecule has 210 valence electrons. The molecule has 7 atom stereocenters. The van der Waals surface area contributed by atoms with Gasteiger partial charge in [0.25, 0.3) is 0 Å². The summed E-state index contributed by atoms with van der Waals surface area (Å²) in [5.41, 5.74) is 2.43. The normalized spacial score (nSPS) is 29.8. The number of nitrogen functional groups attached to an aromatic ring is 1. The zero-order valence-electron chi connectivity index (χ0n) is 20.9. The van der Waals surface area contributed by atoms with Gasteiger partial charge in [0.05, 0.1) is 19.3 Å². The number of aliphatic hydroxyl groups is 1. The van der Waals surface area contributed by atoms with E-state index in [4.69, 9.17) is 47.7 Å². The number of ether oxygens (including phenoxy) is 2. The Morgan fingerprint density at radius 2 is 2.13 bits per heavy atom. The molecule has 0 bridgehead atoms. The van der Waals surface area contributed by atoms with Gasteiger partial charge >= 0.3 is 12.6 Å². The Morgan fingerprint density at radius 1 is 1.41 bits per heavy atom. The molecule has 1 aliphatic carbocycles. The van der Waals surface area contributed by atoms with Crippen molar-refractivity contribution in [3.05, 3.63) is 36.7 Å². The molecule has 0 amide bonds. The SMILES string of the molecule is CNc1nc(N)nc2c1ncn2[C@@H]1O[C@]2(CCl)C(OP(=S)(N[C@H](C)C(=O)OC)Oc3ccccc3)[C@]2(O)[C@H]1F. The van der Waals surface area contributed by atoms with Gasteiger partial charge in [0.2, 0.25) is 5.95 Å². The van der Waals surface area contributed by atoms with E-state index in [-0.39, 0.29) is 17.5 Å². The number of imidazole rings is 1. The molecular formula is C22H26ClFN7O6PS. The minimum absolute atomic E-state index is 0.0660. The fraction of sp³-hybridized carbons (Fsp3) is 0.455. The van der Waals surface area contributed by atoms with Crippen molar-refractivity contribution in [2.24, 2.45) is 0 Å². The molecule has 5 N–H and O–H groups in total. The summed E-state index contributed by atoms with van der Waals surface area (Å²) in [6.07, 6.45) is -3.44. The largest absolute Gasteiger partial charge is 0.468 e. The number of hydrogen-bond donors (Lipinski definition) is 4. The number of halogens is 2. The number of carbonyl (C=O) groups excluding carboxylic acids is 1. The molecule has 13 nitrogen and oxygen atoms in total. The maximum absolute atomic E-state index is 16.1. The average Bonchev–Trinajstić information content (AvgIpc) is 3.15. The van der Waals surface area contributed by atoms with Crippen LogP contribution in [0.2, 0.25) is 0 Å². The monoisotopic (exact) mass is 601 g/mol. The van der Waals surface area contributed by atoms with Gasteiger partial charge < -0.3 is 30.2 Å². The summed E-state index contributed by atoms with van der Waals surface area (Å²) in [6, 6.07) is 7.54. The van der Waals surface area contributed by atoms with Crippen LogP contribution in [0.5, 0.6) is 5.75 Å². The molecule has 39 heavy (non-hydrogen) atoms. The number of methoxy groups -OCH3 is 1. The lowest BCUT2D eigenvalue weighted by Crippen LogP contribution is -2.37. The van der Waals surface area contributed by atoms with Crippen LogP contribution in [0.25, 0.3) is 11.2 Å². The lowest BCUT2D eigenvalue weighted by molar-refractivity contribution is -0.142. The van der Waals surface area contributed by atoms with Gasteiger partial charge in [-0.05, 0) is 30.9 Å². The summed E-state index contributed by atoms with van der Waals surface area (Å²) >= 11 is 11.9. The number of para-hydroxylation sites is 1. The quantitative estimate of drug-likeness (QED) is 0.151. The van der Waals surface area contributed by atoms with Gasteiger partial charge in [-0.1, -0.05) is 18.2 Å². The second-order valence-corrected chi connectivity index (χ2v) is 12.4. The van der Waals surface area contributed by atoms with Crippen LogP contribution in [0.3, 0.4) is 0 Å². The van der Waals surface area contributed by atoms with Crippen LogP contribution in [0, 0.1) is 0 Å². The molecule has 5 rings (SSSR count). The standard InChI is InChI=1S/C22H26ClFN7O6PS/c1-11(18(32)34-3)30-38(39,36-12-7-5-4-6-8-12)37-19-21(9-23)22(19,33)14(24)17(35-21)31-10-27-13-15(26-2)28-20(25)29-16(13)31/h4-8,10-11,14,17,19,33H,9H2,1-3H3,(H,30,39)(H3,25,26,28,29)/t11-,14+,17-,19?,21-,22-,38?/m1/s1. The first kappa shape index (κ1) is 27.9. The van der Waals surface area contributed by atoms with Crippen LogP contribution in [-0.2, 0) is 30.6 Å². The Hall–Kier alpha value is -2.65. The van der Waals surface area contributed by atoms with E-state index in [0.29, 0.717) is 17.1 Å². The third-order valence-corrected chi connectivity index (χ3v) is 9.53. The number of fused-ring (bicyclic) bond motifs is 2. The summed E-state index contributed by atoms with van der Waals surface area (Å²) in [4.78, 5) is 24.6. The van der Waals surface area contributed by atoms with Gasteiger partial charge in [-0.25, -0.2) is 14.5 Å². The number of rotatable bonds is 10. The van der Waals surface area contributed by atoms with Crippen molar-refractivity contribution in [3.8, 4) is 5.75 Å². The molecule has 2 fully saturated rings. The van der Waals surface area contributed by atoms with Crippen molar-refractivity contribution in [2.45, 2.75) is 42.7 Å². The number of esters is 1. The topological polar surface area (TPSA) is 168 Å². The summed E-state index contributed by atoms with van der Waals surface area (Å²) in [5.74, 6) is -0.361. The lowest BCUT2D eigenvalue weighted by Gasteiger charge is -2.29. The zero-order chi connectivity index (χ0) is 28.2. The summed E-state index contributed by atoms with van der Waals surface area (Å²) < 4.78 is 40.2. The van der Waals surface area contributed by atoms with Crippen LogP contribution in [0.1, 0.15) is 13.2 Å². The maximum atomic E-state index is 16.1. The fourth-order valence-corrected chi connectivity index (χ4v) is 7.83. The molecule has 1 aliphatic heterocycles. The highest BCUT2D eigenvalue weighted by Gasteiger charge is 2.89. The lowest BCUT2D eigenvalue weighted by atomic mass is 10.1. The molecule has 2 aliphatic rings. The number of aromatic nitrogens is 4. The first-order valence-corrected chi connectivity index (χ1v) is 14.9. The van der Waals surface area contributed by atoms with Crippen molar-refractivity contribution >= 4 is 58.9 Å². The zero-order valence-corrected chi connectivity index (χ0v) is 23.4. The van der Waals surface area contributed by atoms with E-state index in [9.17, 15) is 9.90 Å². The highest BCUT2D eigenvalue weighted by Crippen LogP contribution is 2.69. The van der Waals surface area contributed by atoms with Crippen molar-refractivity contribution in [2.75, 3.05) is 31.1 Å². The number of benzene rings is 1. The minimum atomic E-state index is -3.62. The third kappa shape index (κ3) is 4.42. The highest BCUT2D eigenvalue weighted by molar-refractivity contribution is 8.09. The summed E-state index contributed by atoms with van der Waals surface area (Å²) in [5, 5.41) is 17.2. The number of carbonyl (C=O) groups is 1. The molecule has 0 spiro atoms. The molecule has 1 saturated heterocycles. The molecule has 0 radical (unpaired) electrons. The van der Waals surface area contributed by atoms with E-state index in [2.05, 4.69) is 25.4 Å². The van der Waals surface area contributed by atoms with Gasteiger partial charge in [0, 0.05) is 7.05 Å². The predicted molar refractivity (Wildman–Crippen MR) is 144 cm³/mol. The predicted octanol–water partition coefficient (Wildman–Crippen LogP) is 1.88. The molecule has 3 aromatic rings. The van der Waals surface area contributed by atoms with E-state index in [0.717, 1.165) is 0 Å². The fourth-order valence-electron chi connectivity index (χ4n) is 4.68. The van der Waals surface area contributed by atoms with E-state index in [1.54, 1.807) is 37.4 Å². The first-order chi connectivity index (χ1) is 18.5. The molecular weight excluding hydrogens is 576 g/mol. The van der Waals surface area contributed by atoms with Gasteiger partial charge in [-0.2, -0.15) is 9.97 Å². The summed E-state index contributed by atoms with van der Waals surface area (Å²) in [6.45, 7) is -2.11. The Balaban J connectivity index is 1.45. The van der Waals surface area contributed by atoms with Crippen LogP contribution < -0.4 is 20.7 Å². The van der Waals surface area contributed by atoms with Crippen LogP contribution in [0.4, 0.5) is 16.2 Å². The molecule has 3 heterocycles. The van der Waals surface area contributed by atoms with Crippen LogP contribution >= 0.6 is 18.2 Å². The molecule has 2 unspecified atom stereocenters. The molecule has 1 saturated carbocycles. The van der Waals surface area contributed by atoms with Gasteiger partial charge in [-0.3, -0.25) is 13.9 Å². The Kier molecular flexibility index (Phi) is 7.21. The second kappa shape index (κ2) is 10.1.